The van der Waals surface area contributed by atoms with Gasteiger partial charge in [-0.3, -0.25) is 0 Å². The van der Waals surface area contributed by atoms with E-state index in [1.54, 1.807) is 0 Å². The second kappa shape index (κ2) is 7.47. The third-order valence-electron chi connectivity index (χ3n) is 8.43. The van der Waals surface area contributed by atoms with E-state index in [2.05, 4.69) is 135 Å². The molecule has 1 aliphatic rings. The number of halogens is 1. The normalized spacial score (nSPS) is 20.3. The van der Waals surface area contributed by atoms with E-state index >= 15 is 0 Å². The molecule has 0 aromatic heterocycles. The van der Waals surface area contributed by atoms with Crippen LogP contribution in [0, 0.1) is 0 Å². The van der Waals surface area contributed by atoms with E-state index in [9.17, 15) is 0 Å². The van der Waals surface area contributed by atoms with Crippen LogP contribution >= 0.6 is 15.9 Å². The van der Waals surface area contributed by atoms with Crippen molar-refractivity contribution in [2.45, 2.75) is 50.0 Å². The van der Waals surface area contributed by atoms with Gasteiger partial charge in [-0.25, -0.2) is 0 Å². The molecule has 2 rings (SSSR count). The quantitative estimate of drug-likeness (QED) is 0.501. The zero-order chi connectivity index (χ0) is 22.6. The summed E-state index contributed by atoms with van der Waals surface area (Å²) in [5.41, 5.74) is 4.24. The molecular formula is C22H43BrN4SiZr. The molecule has 0 saturated carbocycles. The molecule has 1 aromatic carbocycles. The second-order valence-electron chi connectivity index (χ2n) is 11.1. The van der Waals surface area contributed by atoms with Gasteiger partial charge in [0, 0.05) is 0 Å². The van der Waals surface area contributed by atoms with Gasteiger partial charge >= 0.3 is 189 Å². The summed E-state index contributed by atoms with van der Waals surface area (Å²) in [6, 6.07) is 6.74. The van der Waals surface area contributed by atoms with Crippen molar-refractivity contribution in [3.05, 3.63) is 39.4 Å². The number of hydrogen-bond acceptors (Lipinski definition) is 4. The standard InChI is InChI=1S/C10H8Br.C4H10N.3C2H6N.C2H7Si.Zr/c1-7-5-8-3-2-4-10(11)9(8)6-7;1-4(2,3)5;4*1-3-2;/h2-6H,1H3;5H,1-3H3;3*1-2H3;3H,1-2H3;/q;4*-1;;+4. The van der Waals surface area contributed by atoms with E-state index in [1.165, 1.54) is 21.2 Å². The molecule has 29 heavy (non-hydrogen) atoms. The molecule has 1 aromatic rings. The fourth-order valence-corrected chi connectivity index (χ4v) is 69.1. The van der Waals surface area contributed by atoms with Gasteiger partial charge in [0.2, 0.25) is 0 Å². The van der Waals surface area contributed by atoms with Gasteiger partial charge in [-0.2, -0.15) is 0 Å². The fraction of sp³-hybridized carbons (Fsp3) is 0.636. The predicted molar refractivity (Wildman–Crippen MR) is 133 cm³/mol. The topological polar surface area (TPSA) is 21.8 Å². The molecular weight excluding hydrogens is 519 g/mol. The van der Waals surface area contributed by atoms with Crippen molar-refractivity contribution in [3.8, 4) is 0 Å². The third kappa shape index (κ3) is 2.77. The Labute approximate surface area is 187 Å². The van der Waals surface area contributed by atoms with E-state index in [0.717, 1.165) is 0 Å². The van der Waals surface area contributed by atoms with Crippen molar-refractivity contribution >= 4 is 27.9 Å². The number of rotatable bonds is 6. The van der Waals surface area contributed by atoms with Crippen LogP contribution < -0.4 is 3.26 Å². The first-order chi connectivity index (χ1) is 13.1. The van der Waals surface area contributed by atoms with Crippen molar-refractivity contribution in [2.24, 2.45) is 0 Å². The summed E-state index contributed by atoms with van der Waals surface area (Å²) in [5.74, 6) is -1.42. The van der Waals surface area contributed by atoms with Gasteiger partial charge in [0.25, 0.3) is 0 Å². The number of hydrogen-bond donors (Lipinski definition) is 1. The molecule has 0 spiro atoms. The molecule has 166 valence electrons. The van der Waals surface area contributed by atoms with E-state index in [0.29, 0.717) is 3.63 Å². The van der Waals surface area contributed by atoms with Gasteiger partial charge in [-0.15, -0.1) is 0 Å². The number of nitrogens with one attached hydrogen (secondary N) is 1. The first-order valence-electron chi connectivity index (χ1n) is 10.7. The molecule has 1 atom stereocenters. The second-order valence-corrected chi connectivity index (χ2v) is 48.9. The van der Waals surface area contributed by atoms with Crippen LogP contribution in [-0.2, 0) is 17.6 Å². The molecule has 7 heteroatoms. The van der Waals surface area contributed by atoms with Gasteiger partial charge in [0.15, 0.2) is 0 Å². The van der Waals surface area contributed by atoms with Crippen LogP contribution in [0.2, 0.25) is 13.1 Å². The van der Waals surface area contributed by atoms with Gasteiger partial charge in [-0.05, 0) is 0 Å². The first-order valence-corrected chi connectivity index (χ1v) is 24.6. The van der Waals surface area contributed by atoms with Crippen LogP contribution in [0.25, 0.3) is 6.08 Å². The summed E-state index contributed by atoms with van der Waals surface area (Å²) in [4.78, 5) is 0. The summed E-state index contributed by atoms with van der Waals surface area (Å²) in [6.07, 6.45) is 2.43. The van der Waals surface area contributed by atoms with Crippen LogP contribution in [0.5, 0.6) is 0 Å². The molecule has 0 radical (unpaired) electrons. The maximum absolute atomic E-state index is 4.90. The van der Waals surface area contributed by atoms with Gasteiger partial charge in [0.05, 0.1) is 0 Å². The van der Waals surface area contributed by atoms with Gasteiger partial charge in [-0.1, -0.05) is 0 Å². The van der Waals surface area contributed by atoms with Crippen molar-refractivity contribution in [1.29, 1.82) is 0 Å². The number of allylic oxidation sites excluding steroid dienone is 1. The molecule has 1 N–H and O–H groups in total. The van der Waals surface area contributed by atoms with Gasteiger partial charge in [0.1, 0.15) is 0 Å². The van der Waals surface area contributed by atoms with Crippen LogP contribution in [0.4, 0.5) is 0 Å². The number of benzene rings is 1. The summed E-state index contributed by atoms with van der Waals surface area (Å²) in [7, 11) is 14.0. The van der Waals surface area contributed by atoms with Crippen LogP contribution in [0.3, 0.4) is 0 Å². The Kier molecular flexibility index (Phi) is 6.60. The van der Waals surface area contributed by atoms with Crippen LogP contribution in [0.15, 0.2) is 28.2 Å². The molecule has 0 fully saturated rings. The molecule has 1 unspecified atom stereocenters. The Morgan fingerprint density at radius 1 is 0.966 bits per heavy atom. The Morgan fingerprint density at radius 3 is 1.83 bits per heavy atom. The van der Waals surface area contributed by atoms with E-state index in [-0.39, 0.29) is 5.54 Å². The monoisotopic (exact) mass is 560 g/mol. The summed E-state index contributed by atoms with van der Waals surface area (Å²) in [5, 5.41) is 0. The average molecular weight is 563 g/mol. The third-order valence-corrected chi connectivity index (χ3v) is 70.0. The van der Waals surface area contributed by atoms with E-state index in [1.807, 2.05) is 0 Å². The van der Waals surface area contributed by atoms with Crippen molar-refractivity contribution in [2.75, 3.05) is 42.3 Å². The molecule has 0 heterocycles. The maximum atomic E-state index is 4.51. The fourth-order valence-electron chi connectivity index (χ4n) is 7.79. The van der Waals surface area contributed by atoms with Crippen molar-refractivity contribution in [1.82, 2.24) is 11.8 Å². The summed E-state index contributed by atoms with van der Waals surface area (Å²) in [6.45, 7) is 14.5. The zero-order valence-electron chi connectivity index (χ0n) is 20.7. The molecule has 0 bridgehead atoms. The summed E-state index contributed by atoms with van der Waals surface area (Å²) >= 11 is -1.06. The summed E-state index contributed by atoms with van der Waals surface area (Å²) < 4.78 is 14.1. The predicted octanol–water partition coefficient (Wildman–Crippen LogP) is 4.85. The van der Waals surface area contributed by atoms with Crippen LogP contribution in [-0.4, -0.2) is 62.3 Å². The molecule has 1 aliphatic carbocycles. The zero-order valence-corrected chi connectivity index (χ0v) is 25.9. The minimum absolute atomic E-state index is 0.0392. The van der Waals surface area contributed by atoms with E-state index in [4.69, 9.17) is 0 Å². The molecule has 0 saturated heterocycles. The Balaban J connectivity index is 3.26. The first kappa shape index (κ1) is 25.6. The number of fused-ring (bicyclic) bond motifs is 1. The van der Waals surface area contributed by atoms with Gasteiger partial charge < -0.3 is 0 Å². The molecule has 4 nitrogen and oxygen atoms in total. The SMILES string of the molecule is CC1=Cc2c(Br)cccc2[CH]1[Zr]([NH]C(C)(C)C)([N](C)C)([N](C)C)([N](C)C)[SiH](C)C. The minimum atomic E-state index is -4.90. The van der Waals surface area contributed by atoms with Crippen molar-refractivity contribution in [3.63, 3.8) is 0 Å². The molecule has 0 amide bonds. The Bertz CT molecular complexity index is 792. The van der Waals surface area contributed by atoms with Crippen LogP contribution in [0.1, 0.15) is 42.4 Å². The average Bonchev–Trinajstić information content (AvgIpc) is 2.89. The Morgan fingerprint density at radius 2 is 1.45 bits per heavy atom. The van der Waals surface area contributed by atoms with Crippen molar-refractivity contribution < 1.29 is 17.6 Å². The Hall–Kier alpha value is 0.380. The number of nitrogens with zero attached hydrogens (tertiary/aromatic N) is 3. The van der Waals surface area contributed by atoms with E-state index < -0.39 is 23.5 Å². The molecule has 0 aliphatic heterocycles.